The zero-order chi connectivity index (χ0) is 26.2. The minimum Gasteiger partial charge on any atom is -0.497 e. The number of hydrogen-bond acceptors (Lipinski definition) is 4. The minimum atomic E-state index is -0.857. The van der Waals surface area contributed by atoms with Crippen LogP contribution >= 0.6 is 0 Å². The number of carbonyl (C=O) groups excluding carboxylic acids is 3. The van der Waals surface area contributed by atoms with Gasteiger partial charge in [0.15, 0.2) is 0 Å². The highest BCUT2D eigenvalue weighted by molar-refractivity contribution is 6.02. The number of nitrogens with zero attached hydrogens (tertiary/aromatic N) is 2. The largest absolute Gasteiger partial charge is 0.497 e. The Hall–Kier alpha value is -3.35. The molecule has 3 amide bonds. The highest BCUT2D eigenvalue weighted by Crippen LogP contribution is 2.31. The maximum absolute atomic E-state index is 13.9. The standard InChI is InChI=1S/C30H39N3O4/c1-22-10-14-25(15-11-22)33(28(35)19-18-27(34)32-20-6-7-21-32)29(23-12-16-26(37-2)17-13-23)30(36)31-24-8-4-3-5-9-24/h10-17,24,29H,3-9,18-21H2,1-2H3,(H,31,36). The van der Waals surface area contributed by atoms with E-state index < -0.39 is 6.04 Å². The van der Waals surface area contributed by atoms with Crippen LogP contribution in [0.2, 0.25) is 0 Å². The molecule has 0 radical (unpaired) electrons. The van der Waals surface area contributed by atoms with E-state index in [0.717, 1.165) is 57.2 Å². The molecule has 2 fully saturated rings. The molecule has 0 bridgehead atoms. The molecule has 1 aliphatic carbocycles. The molecule has 1 aliphatic heterocycles. The summed E-state index contributed by atoms with van der Waals surface area (Å²) < 4.78 is 5.33. The normalized spacial score (nSPS) is 16.8. The molecule has 0 aromatic heterocycles. The summed E-state index contributed by atoms with van der Waals surface area (Å²) in [5, 5.41) is 3.23. The summed E-state index contributed by atoms with van der Waals surface area (Å²) in [4.78, 5) is 43.9. The average molecular weight is 506 g/mol. The zero-order valence-electron chi connectivity index (χ0n) is 22.1. The number of methoxy groups -OCH3 is 1. The van der Waals surface area contributed by atoms with E-state index in [0.29, 0.717) is 17.0 Å². The van der Waals surface area contributed by atoms with Gasteiger partial charge in [-0.15, -0.1) is 0 Å². The molecule has 4 rings (SSSR count). The van der Waals surface area contributed by atoms with Gasteiger partial charge in [-0.05, 0) is 62.4 Å². The molecule has 0 spiro atoms. The maximum Gasteiger partial charge on any atom is 0.248 e. The third-order valence-electron chi connectivity index (χ3n) is 7.48. The molecular weight excluding hydrogens is 466 g/mol. The lowest BCUT2D eigenvalue weighted by Crippen LogP contribution is -2.47. The summed E-state index contributed by atoms with van der Waals surface area (Å²) in [7, 11) is 1.60. The monoisotopic (exact) mass is 505 g/mol. The Balaban J connectivity index is 1.65. The Morgan fingerprint density at radius 3 is 2.19 bits per heavy atom. The van der Waals surface area contributed by atoms with Crippen molar-refractivity contribution in [1.82, 2.24) is 10.2 Å². The summed E-state index contributed by atoms with van der Waals surface area (Å²) in [6.07, 6.45) is 7.48. The number of ether oxygens (including phenoxy) is 1. The fourth-order valence-electron chi connectivity index (χ4n) is 5.33. The van der Waals surface area contributed by atoms with Gasteiger partial charge in [0, 0.05) is 37.7 Å². The maximum atomic E-state index is 13.9. The van der Waals surface area contributed by atoms with Gasteiger partial charge >= 0.3 is 0 Å². The Bertz CT molecular complexity index is 1060. The minimum absolute atomic E-state index is 0.00219. The van der Waals surface area contributed by atoms with Gasteiger partial charge in [0.1, 0.15) is 11.8 Å². The number of benzene rings is 2. The quantitative estimate of drug-likeness (QED) is 0.524. The summed E-state index contributed by atoms with van der Waals surface area (Å²) in [6, 6.07) is 14.2. The fourth-order valence-corrected chi connectivity index (χ4v) is 5.33. The smallest absolute Gasteiger partial charge is 0.248 e. The van der Waals surface area contributed by atoms with Crippen LogP contribution in [0, 0.1) is 6.92 Å². The van der Waals surface area contributed by atoms with Crippen LogP contribution in [0.25, 0.3) is 0 Å². The number of anilines is 1. The second kappa shape index (κ2) is 12.7. The van der Waals surface area contributed by atoms with Crippen LogP contribution in [-0.2, 0) is 14.4 Å². The van der Waals surface area contributed by atoms with Crippen LogP contribution in [0.5, 0.6) is 5.75 Å². The number of hydrogen-bond donors (Lipinski definition) is 1. The van der Waals surface area contributed by atoms with Crippen LogP contribution < -0.4 is 15.0 Å². The summed E-state index contributed by atoms with van der Waals surface area (Å²) in [6.45, 7) is 3.50. The van der Waals surface area contributed by atoms with Crippen molar-refractivity contribution in [2.24, 2.45) is 0 Å². The third-order valence-corrected chi connectivity index (χ3v) is 7.48. The molecule has 1 saturated heterocycles. The molecule has 1 saturated carbocycles. The van der Waals surface area contributed by atoms with Crippen LogP contribution in [0.15, 0.2) is 48.5 Å². The summed E-state index contributed by atoms with van der Waals surface area (Å²) in [5.41, 5.74) is 2.41. The molecule has 1 atom stereocenters. The molecule has 198 valence electrons. The van der Waals surface area contributed by atoms with Crippen molar-refractivity contribution in [2.75, 3.05) is 25.1 Å². The lowest BCUT2D eigenvalue weighted by Gasteiger charge is -2.33. The molecule has 2 aliphatic rings. The topological polar surface area (TPSA) is 79.0 Å². The van der Waals surface area contributed by atoms with E-state index in [1.165, 1.54) is 6.42 Å². The fraction of sp³-hybridized carbons (Fsp3) is 0.500. The molecule has 2 aromatic carbocycles. The molecular formula is C30H39N3O4. The van der Waals surface area contributed by atoms with E-state index >= 15 is 0 Å². The van der Waals surface area contributed by atoms with Gasteiger partial charge in [0.2, 0.25) is 17.7 Å². The van der Waals surface area contributed by atoms with Crippen molar-refractivity contribution < 1.29 is 19.1 Å². The number of nitrogens with one attached hydrogen (secondary N) is 1. The Morgan fingerprint density at radius 2 is 1.57 bits per heavy atom. The first-order valence-corrected chi connectivity index (χ1v) is 13.6. The van der Waals surface area contributed by atoms with Gasteiger partial charge in [-0.1, -0.05) is 49.1 Å². The number of carbonyl (C=O) groups is 3. The SMILES string of the molecule is COc1ccc(C(C(=O)NC2CCCCC2)N(C(=O)CCC(=O)N2CCCC2)c2ccc(C)cc2)cc1. The van der Waals surface area contributed by atoms with Crippen molar-refractivity contribution >= 4 is 23.4 Å². The first-order chi connectivity index (χ1) is 18.0. The highest BCUT2D eigenvalue weighted by Gasteiger charge is 2.34. The highest BCUT2D eigenvalue weighted by atomic mass is 16.5. The lowest BCUT2D eigenvalue weighted by atomic mass is 9.94. The first-order valence-electron chi connectivity index (χ1n) is 13.6. The van der Waals surface area contributed by atoms with Crippen LogP contribution in [0.1, 0.15) is 75.0 Å². The third kappa shape index (κ3) is 6.90. The Labute approximate surface area is 220 Å². The molecule has 37 heavy (non-hydrogen) atoms. The van der Waals surface area contributed by atoms with Gasteiger partial charge in [-0.3, -0.25) is 19.3 Å². The number of aryl methyl sites for hydroxylation is 1. The predicted molar refractivity (Wildman–Crippen MR) is 144 cm³/mol. The van der Waals surface area contributed by atoms with Crippen LogP contribution in [-0.4, -0.2) is 48.9 Å². The second-order valence-electron chi connectivity index (χ2n) is 10.2. The van der Waals surface area contributed by atoms with E-state index in [4.69, 9.17) is 4.74 Å². The Morgan fingerprint density at radius 1 is 0.919 bits per heavy atom. The van der Waals surface area contributed by atoms with Gasteiger partial charge in [-0.25, -0.2) is 0 Å². The zero-order valence-corrected chi connectivity index (χ0v) is 22.1. The van der Waals surface area contributed by atoms with Crippen molar-refractivity contribution in [3.05, 3.63) is 59.7 Å². The van der Waals surface area contributed by atoms with Crippen molar-refractivity contribution in [3.63, 3.8) is 0 Å². The molecule has 2 aromatic rings. The predicted octanol–water partition coefficient (Wildman–Crippen LogP) is 4.93. The van der Waals surface area contributed by atoms with Crippen LogP contribution in [0.3, 0.4) is 0 Å². The first kappa shape index (κ1) is 26.7. The molecule has 7 nitrogen and oxygen atoms in total. The number of likely N-dealkylation sites (tertiary alicyclic amines) is 1. The molecule has 7 heteroatoms. The summed E-state index contributed by atoms with van der Waals surface area (Å²) >= 11 is 0. The van der Waals surface area contributed by atoms with Gasteiger partial charge in [0.05, 0.1) is 7.11 Å². The Kier molecular flexibility index (Phi) is 9.20. The van der Waals surface area contributed by atoms with E-state index in [9.17, 15) is 14.4 Å². The van der Waals surface area contributed by atoms with Crippen molar-refractivity contribution in [1.29, 1.82) is 0 Å². The molecule has 1 N–H and O–H groups in total. The summed E-state index contributed by atoms with van der Waals surface area (Å²) in [5.74, 6) is 0.245. The van der Waals surface area contributed by atoms with E-state index in [1.54, 1.807) is 12.0 Å². The second-order valence-corrected chi connectivity index (χ2v) is 10.2. The lowest BCUT2D eigenvalue weighted by molar-refractivity contribution is -0.132. The molecule has 1 unspecified atom stereocenters. The number of amides is 3. The van der Waals surface area contributed by atoms with E-state index in [2.05, 4.69) is 5.32 Å². The van der Waals surface area contributed by atoms with Gasteiger partial charge in [-0.2, -0.15) is 0 Å². The van der Waals surface area contributed by atoms with Crippen molar-refractivity contribution in [2.45, 2.75) is 76.8 Å². The van der Waals surface area contributed by atoms with E-state index in [1.807, 2.05) is 60.4 Å². The van der Waals surface area contributed by atoms with Crippen molar-refractivity contribution in [3.8, 4) is 5.75 Å². The number of rotatable bonds is 9. The van der Waals surface area contributed by atoms with Gasteiger partial charge in [0.25, 0.3) is 0 Å². The van der Waals surface area contributed by atoms with E-state index in [-0.39, 0.29) is 36.6 Å². The molecule has 1 heterocycles. The van der Waals surface area contributed by atoms with Gasteiger partial charge < -0.3 is 15.0 Å². The van der Waals surface area contributed by atoms with Crippen LogP contribution in [0.4, 0.5) is 5.69 Å². The average Bonchev–Trinajstić information content (AvgIpc) is 3.47.